The summed E-state index contributed by atoms with van der Waals surface area (Å²) < 4.78 is 0. The van der Waals surface area contributed by atoms with E-state index in [4.69, 9.17) is 0 Å². The van der Waals surface area contributed by atoms with Crippen LogP contribution in [0.25, 0.3) is 0 Å². The van der Waals surface area contributed by atoms with E-state index in [-0.39, 0.29) is 19.5 Å². The molecule has 0 nitrogen and oxygen atoms in total. The molecule has 119 valence electrons. The van der Waals surface area contributed by atoms with E-state index in [9.17, 15) is 0 Å². The van der Waals surface area contributed by atoms with Gasteiger partial charge in [0.1, 0.15) is 0 Å². The van der Waals surface area contributed by atoms with Crippen molar-refractivity contribution in [3.05, 3.63) is 89.5 Å². The first-order chi connectivity index (χ1) is 10.6. The first kappa shape index (κ1) is 18.1. The van der Waals surface area contributed by atoms with Gasteiger partial charge in [0.25, 0.3) is 0 Å². The van der Waals surface area contributed by atoms with Crippen LogP contribution in [-0.2, 0) is 19.5 Å². The summed E-state index contributed by atoms with van der Waals surface area (Å²) in [4.78, 5) is 0. The molecule has 0 atom stereocenters. The number of aryl methyl sites for hydroxylation is 3. The molecule has 1 radical (unpaired) electrons. The topological polar surface area (TPSA) is 0 Å². The number of hydrogen-bond acceptors (Lipinski definition) is 0. The van der Waals surface area contributed by atoms with Crippen molar-refractivity contribution in [1.82, 2.24) is 0 Å². The standard InChI is InChI=1S/C21H21P.Rh/c1-16-4-10-19(11-5-16)22(20-12-6-17(2)7-13-20)21-14-8-18(3)9-15-21;/h4-15H,1-3H3;. The van der Waals surface area contributed by atoms with E-state index in [0.717, 1.165) is 0 Å². The van der Waals surface area contributed by atoms with Crippen LogP contribution in [0.5, 0.6) is 0 Å². The minimum Gasteiger partial charge on any atom is -0.0587 e. The van der Waals surface area contributed by atoms with Gasteiger partial charge in [0.05, 0.1) is 0 Å². The molecule has 0 fully saturated rings. The van der Waals surface area contributed by atoms with Crippen LogP contribution in [-0.4, -0.2) is 0 Å². The first-order valence-electron chi connectivity index (χ1n) is 7.63. The van der Waals surface area contributed by atoms with Gasteiger partial charge in [0, 0.05) is 19.5 Å². The largest absolute Gasteiger partial charge is 0.0587 e. The van der Waals surface area contributed by atoms with Gasteiger partial charge in [-0.05, 0) is 44.6 Å². The van der Waals surface area contributed by atoms with Crippen LogP contribution in [0.4, 0.5) is 0 Å². The zero-order chi connectivity index (χ0) is 15.5. The Balaban J connectivity index is 0.00000192. The minimum absolute atomic E-state index is 0. The Kier molecular flexibility index (Phi) is 6.28. The van der Waals surface area contributed by atoms with Gasteiger partial charge in [0.15, 0.2) is 0 Å². The van der Waals surface area contributed by atoms with Crippen molar-refractivity contribution < 1.29 is 19.5 Å². The van der Waals surface area contributed by atoms with E-state index in [1.807, 2.05) is 0 Å². The Morgan fingerprint density at radius 1 is 0.435 bits per heavy atom. The Labute approximate surface area is 153 Å². The molecule has 0 saturated heterocycles. The first-order valence-corrected chi connectivity index (χ1v) is 8.98. The van der Waals surface area contributed by atoms with E-state index in [0.29, 0.717) is 0 Å². The maximum Gasteiger partial charge on any atom is 0 e. The van der Waals surface area contributed by atoms with Crippen molar-refractivity contribution in [3.8, 4) is 0 Å². The van der Waals surface area contributed by atoms with Crippen molar-refractivity contribution in [2.75, 3.05) is 0 Å². The summed E-state index contributed by atoms with van der Waals surface area (Å²) in [6.07, 6.45) is 0. The van der Waals surface area contributed by atoms with Crippen LogP contribution >= 0.6 is 7.92 Å². The van der Waals surface area contributed by atoms with Crippen LogP contribution in [0, 0.1) is 20.8 Å². The zero-order valence-corrected chi connectivity index (χ0v) is 16.2. The predicted octanol–water partition coefficient (Wildman–Crippen LogP) is 4.37. The molecule has 3 aromatic rings. The van der Waals surface area contributed by atoms with Crippen molar-refractivity contribution in [2.24, 2.45) is 0 Å². The zero-order valence-electron chi connectivity index (χ0n) is 13.7. The third-order valence-electron chi connectivity index (χ3n) is 3.88. The SMILES string of the molecule is Cc1ccc(P(c2ccc(C)cc2)c2ccc(C)cc2)cc1.[Rh]. The molecule has 0 aliphatic carbocycles. The fourth-order valence-corrected chi connectivity index (χ4v) is 4.76. The van der Waals surface area contributed by atoms with Crippen LogP contribution in [0.3, 0.4) is 0 Å². The third kappa shape index (κ3) is 4.38. The molecule has 0 spiro atoms. The Morgan fingerprint density at radius 2 is 0.652 bits per heavy atom. The van der Waals surface area contributed by atoms with Gasteiger partial charge >= 0.3 is 0 Å². The summed E-state index contributed by atoms with van der Waals surface area (Å²) in [6, 6.07) is 27.0. The monoisotopic (exact) mass is 407 g/mol. The molecular formula is C21H21PRh. The van der Waals surface area contributed by atoms with Gasteiger partial charge < -0.3 is 0 Å². The molecule has 0 aliphatic rings. The van der Waals surface area contributed by atoms with E-state index in [1.165, 1.54) is 32.6 Å². The van der Waals surface area contributed by atoms with Gasteiger partial charge in [-0.1, -0.05) is 89.5 Å². The second-order valence-electron chi connectivity index (χ2n) is 5.84. The Hall–Kier alpha value is -1.29. The maximum absolute atomic E-state index is 2.28. The molecule has 0 bridgehead atoms. The summed E-state index contributed by atoms with van der Waals surface area (Å²) in [5, 5.41) is 4.23. The fraction of sp³-hybridized carbons (Fsp3) is 0.143. The molecule has 3 aromatic carbocycles. The van der Waals surface area contributed by atoms with Crippen LogP contribution in [0.15, 0.2) is 72.8 Å². The molecule has 0 aliphatic heterocycles. The third-order valence-corrected chi connectivity index (χ3v) is 6.32. The van der Waals surface area contributed by atoms with E-state index >= 15 is 0 Å². The molecule has 0 N–H and O–H groups in total. The minimum atomic E-state index is -0.483. The van der Waals surface area contributed by atoms with Gasteiger partial charge in [-0.2, -0.15) is 0 Å². The fourth-order valence-electron chi connectivity index (χ4n) is 2.53. The molecule has 23 heavy (non-hydrogen) atoms. The molecule has 2 heteroatoms. The Morgan fingerprint density at radius 3 is 0.870 bits per heavy atom. The molecule has 0 unspecified atom stereocenters. The maximum atomic E-state index is 2.28. The smallest absolute Gasteiger partial charge is 0 e. The van der Waals surface area contributed by atoms with Crippen molar-refractivity contribution in [2.45, 2.75) is 20.8 Å². The van der Waals surface area contributed by atoms with Gasteiger partial charge in [0.2, 0.25) is 0 Å². The van der Waals surface area contributed by atoms with E-state index < -0.39 is 7.92 Å². The molecule has 0 heterocycles. The number of rotatable bonds is 3. The van der Waals surface area contributed by atoms with Crippen LogP contribution in [0.1, 0.15) is 16.7 Å². The molecule has 0 aromatic heterocycles. The molecule has 0 saturated carbocycles. The summed E-state index contributed by atoms with van der Waals surface area (Å²) in [7, 11) is -0.483. The average molecular weight is 407 g/mol. The molecular weight excluding hydrogens is 386 g/mol. The second kappa shape index (κ2) is 8.00. The van der Waals surface area contributed by atoms with E-state index in [1.54, 1.807) is 0 Å². The second-order valence-corrected chi connectivity index (χ2v) is 8.06. The molecule has 3 rings (SSSR count). The van der Waals surface area contributed by atoms with Crippen LogP contribution < -0.4 is 15.9 Å². The quantitative estimate of drug-likeness (QED) is 0.447. The van der Waals surface area contributed by atoms with Crippen molar-refractivity contribution in [3.63, 3.8) is 0 Å². The number of benzene rings is 3. The summed E-state index contributed by atoms with van der Waals surface area (Å²) in [5.74, 6) is 0. The normalized spacial score (nSPS) is 10.4. The van der Waals surface area contributed by atoms with Crippen molar-refractivity contribution >= 4 is 23.8 Å². The Bertz CT molecular complexity index is 635. The van der Waals surface area contributed by atoms with Gasteiger partial charge in [-0.25, -0.2) is 0 Å². The molecule has 0 amide bonds. The van der Waals surface area contributed by atoms with Gasteiger partial charge in [-0.3, -0.25) is 0 Å². The predicted molar refractivity (Wildman–Crippen MR) is 99.4 cm³/mol. The van der Waals surface area contributed by atoms with E-state index in [2.05, 4.69) is 93.6 Å². The summed E-state index contributed by atoms with van der Waals surface area (Å²) in [6.45, 7) is 6.43. The summed E-state index contributed by atoms with van der Waals surface area (Å²) >= 11 is 0. The van der Waals surface area contributed by atoms with Gasteiger partial charge in [-0.15, -0.1) is 0 Å². The van der Waals surface area contributed by atoms with Crippen molar-refractivity contribution in [1.29, 1.82) is 0 Å². The number of hydrogen-bond donors (Lipinski definition) is 0. The average Bonchev–Trinajstić information content (AvgIpc) is 2.53. The van der Waals surface area contributed by atoms with Crippen LogP contribution in [0.2, 0.25) is 0 Å². The summed E-state index contributed by atoms with van der Waals surface area (Å²) in [5.41, 5.74) is 3.93.